The number of rotatable bonds is 6. The first-order valence-corrected chi connectivity index (χ1v) is 7.55. The van der Waals surface area contributed by atoms with E-state index in [0.29, 0.717) is 0 Å². The lowest BCUT2D eigenvalue weighted by Gasteiger charge is -2.10. The summed E-state index contributed by atoms with van der Waals surface area (Å²) >= 11 is 0. The first-order chi connectivity index (χ1) is 9.70. The summed E-state index contributed by atoms with van der Waals surface area (Å²) in [5.74, 6) is 0.719. The fraction of sp³-hybridized carbons (Fsp3) is 0.368. The molecule has 0 saturated heterocycles. The van der Waals surface area contributed by atoms with E-state index in [1.54, 1.807) is 0 Å². The van der Waals surface area contributed by atoms with Gasteiger partial charge in [0.25, 0.3) is 0 Å². The van der Waals surface area contributed by atoms with Crippen LogP contribution < -0.4 is 5.73 Å². The normalized spacial score (nSPS) is 12.3. The first-order valence-electron chi connectivity index (χ1n) is 7.55. The van der Waals surface area contributed by atoms with Gasteiger partial charge in [0, 0.05) is 0 Å². The number of hydrogen-bond donors (Lipinski definition) is 1. The van der Waals surface area contributed by atoms with Gasteiger partial charge in [0.15, 0.2) is 0 Å². The Morgan fingerprint density at radius 1 is 0.950 bits per heavy atom. The zero-order valence-corrected chi connectivity index (χ0v) is 12.6. The van der Waals surface area contributed by atoms with Crippen LogP contribution in [0.1, 0.15) is 30.9 Å². The van der Waals surface area contributed by atoms with Crippen LogP contribution in [0.25, 0.3) is 11.1 Å². The Hall–Kier alpha value is -1.60. The summed E-state index contributed by atoms with van der Waals surface area (Å²) in [6, 6.07) is 17.5. The molecule has 0 aliphatic carbocycles. The molecular formula is C19H25N. The molecule has 20 heavy (non-hydrogen) atoms. The molecule has 0 spiro atoms. The maximum atomic E-state index is 5.60. The molecule has 1 heteroatoms. The Morgan fingerprint density at radius 2 is 1.65 bits per heavy atom. The maximum absolute atomic E-state index is 5.60. The quantitative estimate of drug-likeness (QED) is 0.814. The molecule has 0 bridgehead atoms. The van der Waals surface area contributed by atoms with Crippen molar-refractivity contribution in [2.45, 2.75) is 33.1 Å². The zero-order chi connectivity index (χ0) is 14.4. The molecule has 2 aromatic rings. The minimum Gasteiger partial charge on any atom is -0.330 e. The third-order valence-corrected chi connectivity index (χ3v) is 4.00. The van der Waals surface area contributed by atoms with Crippen molar-refractivity contribution in [1.29, 1.82) is 0 Å². The largest absolute Gasteiger partial charge is 0.330 e. The van der Waals surface area contributed by atoms with Gasteiger partial charge in [-0.2, -0.15) is 0 Å². The summed E-state index contributed by atoms with van der Waals surface area (Å²) in [5, 5.41) is 0. The van der Waals surface area contributed by atoms with E-state index in [1.165, 1.54) is 28.7 Å². The molecule has 1 nitrogen and oxygen atoms in total. The van der Waals surface area contributed by atoms with Crippen molar-refractivity contribution in [2.24, 2.45) is 11.7 Å². The Labute approximate surface area is 122 Å². The molecule has 0 heterocycles. The van der Waals surface area contributed by atoms with Gasteiger partial charge in [0.1, 0.15) is 0 Å². The molecule has 0 aliphatic heterocycles. The lowest BCUT2D eigenvalue weighted by Crippen LogP contribution is -2.06. The second kappa shape index (κ2) is 7.25. The van der Waals surface area contributed by atoms with Gasteiger partial charge in [0.05, 0.1) is 0 Å². The maximum Gasteiger partial charge on any atom is -0.00747 e. The summed E-state index contributed by atoms with van der Waals surface area (Å²) in [6.07, 6.45) is 3.50. The van der Waals surface area contributed by atoms with E-state index in [1.807, 2.05) is 0 Å². The molecular weight excluding hydrogens is 242 g/mol. The summed E-state index contributed by atoms with van der Waals surface area (Å²) in [6.45, 7) is 5.25. The lowest BCUT2D eigenvalue weighted by molar-refractivity contribution is 0.500. The Bertz CT molecular complexity index is 528. The smallest absolute Gasteiger partial charge is 0.00747 e. The predicted octanol–water partition coefficient (Wildman–Crippen LogP) is 4.58. The second-order valence-electron chi connectivity index (χ2n) is 5.73. The fourth-order valence-corrected chi connectivity index (χ4v) is 2.59. The van der Waals surface area contributed by atoms with Crippen LogP contribution in [0.5, 0.6) is 0 Å². The van der Waals surface area contributed by atoms with Crippen molar-refractivity contribution in [3.05, 3.63) is 59.7 Å². The highest BCUT2D eigenvalue weighted by molar-refractivity contribution is 5.67. The van der Waals surface area contributed by atoms with Crippen molar-refractivity contribution in [3.63, 3.8) is 0 Å². The van der Waals surface area contributed by atoms with E-state index in [-0.39, 0.29) is 0 Å². The van der Waals surface area contributed by atoms with E-state index in [0.717, 1.165) is 25.3 Å². The van der Waals surface area contributed by atoms with Gasteiger partial charge < -0.3 is 5.73 Å². The fourth-order valence-electron chi connectivity index (χ4n) is 2.59. The molecule has 1 atom stereocenters. The average Bonchev–Trinajstić information content (AvgIpc) is 2.47. The summed E-state index contributed by atoms with van der Waals surface area (Å²) in [7, 11) is 0. The number of nitrogens with two attached hydrogens (primary N) is 1. The molecule has 2 N–H and O–H groups in total. The van der Waals surface area contributed by atoms with Gasteiger partial charge in [0.2, 0.25) is 0 Å². The molecule has 2 rings (SSSR count). The average molecular weight is 267 g/mol. The van der Waals surface area contributed by atoms with Crippen LogP contribution in [-0.4, -0.2) is 6.54 Å². The van der Waals surface area contributed by atoms with Crippen molar-refractivity contribution >= 4 is 0 Å². The molecule has 0 amide bonds. The van der Waals surface area contributed by atoms with Crippen LogP contribution in [-0.2, 0) is 6.42 Å². The Kier molecular flexibility index (Phi) is 5.37. The van der Waals surface area contributed by atoms with Crippen molar-refractivity contribution in [2.75, 3.05) is 6.54 Å². The predicted molar refractivity (Wildman–Crippen MR) is 87.8 cm³/mol. The van der Waals surface area contributed by atoms with Gasteiger partial charge in [-0.05, 0) is 60.9 Å². The third kappa shape index (κ3) is 3.94. The van der Waals surface area contributed by atoms with Gasteiger partial charge in [-0.15, -0.1) is 0 Å². The van der Waals surface area contributed by atoms with E-state index in [9.17, 15) is 0 Å². The second-order valence-corrected chi connectivity index (χ2v) is 5.73. The minimum atomic E-state index is 0.719. The highest BCUT2D eigenvalue weighted by Gasteiger charge is 2.03. The molecule has 0 radical (unpaired) electrons. The van der Waals surface area contributed by atoms with Gasteiger partial charge in [-0.25, -0.2) is 0 Å². The topological polar surface area (TPSA) is 26.0 Å². The van der Waals surface area contributed by atoms with Gasteiger partial charge >= 0.3 is 0 Å². The number of aryl methyl sites for hydroxylation is 2. The van der Waals surface area contributed by atoms with Crippen LogP contribution in [0.2, 0.25) is 0 Å². The number of benzene rings is 2. The Morgan fingerprint density at radius 3 is 2.30 bits per heavy atom. The third-order valence-electron chi connectivity index (χ3n) is 4.00. The highest BCUT2D eigenvalue weighted by Crippen LogP contribution is 2.24. The summed E-state index contributed by atoms with van der Waals surface area (Å²) < 4.78 is 0. The lowest BCUT2D eigenvalue weighted by atomic mass is 9.96. The van der Waals surface area contributed by atoms with E-state index >= 15 is 0 Å². The SMILES string of the molecule is Cc1ccccc1-c1ccc(CCC(C)CCN)cc1. The first kappa shape index (κ1) is 14.8. The molecule has 0 saturated carbocycles. The molecule has 2 aromatic carbocycles. The van der Waals surface area contributed by atoms with Gasteiger partial charge in [-0.3, -0.25) is 0 Å². The highest BCUT2D eigenvalue weighted by atomic mass is 14.5. The molecule has 0 fully saturated rings. The van der Waals surface area contributed by atoms with E-state index in [4.69, 9.17) is 5.73 Å². The van der Waals surface area contributed by atoms with Crippen molar-refractivity contribution < 1.29 is 0 Å². The van der Waals surface area contributed by atoms with Gasteiger partial charge in [-0.1, -0.05) is 55.5 Å². The molecule has 1 unspecified atom stereocenters. The molecule has 106 valence electrons. The minimum absolute atomic E-state index is 0.719. The van der Waals surface area contributed by atoms with Crippen LogP contribution in [0.4, 0.5) is 0 Å². The van der Waals surface area contributed by atoms with Crippen LogP contribution in [0.15, 0.2) is 48.5 Å². The Balaban J connectivity index is 2.02. The monoisotopic (exact) mass is 267 g/mol. The van der Waals surface area contributed by atoms with Crippen molar-refractivity contribution in [3.8, 4) is 11.1 Å². The van der Waals surface area contributed by atoms with E-state index in [2.05, 4.69) is 62.4 Å². The number of hydrogen-bond acceptors (Lipinski definition) is 1. The summed E-state index contributed by atoms with van der Waals surface area (Å²) in [4.78, 5) is 0. The van der Waals surface area contributed by atoms with Crippen molar-refractivity contribution in [1.82, 2.24) is 0 Å². The zero-order valence-electron chi connectivity index (χ0n) is 12.6. The standard InChI is InChI=1S/C19H25N/c1-15(13-14-20)7-8-17-9-11-18(12-10-17)19-6-4-3-5-16(19)2/h3-6,9-12,15H,7-8,13-14,20H2,1-2H3. The van der Waals surface area contributed by atoms with Crippen LogP contribution >= 0.6 is 0 Å². The summed E-state index contributed by atoms with van der Waals surface area (Å²) in [5.41, 5.74) is 11.0. The van der Waals surface area contributed by atoms with E-state index < -0.39 is 0 Å². The molecule has 0 aromatic heterocycles. The van der Waals surface area contributed by atoms with Crippen LogP contribution in [0.3, 0.4) is 0 Å². The van der Waals surface area contributed by atoms with Crippen LogP contribution in [0, 0.1) is 12.8 Å². The molecule has 0 aliphatic rings.